The van der Waals surface area contributed by atoms with Crippen LogP contribution < -0.4 is 5.32 Å². The largest absolute Gasteiger partial charge is 0.314 e. The van der Waals surface area contributed by atoms with Crippen LogP contribution in [0.1, 0.15) is 36.5 Å². The Balaban J connectivity index is 2.22. The normalized spacial score (nSPS) is 12.6. The fourth-order valence-corrected chi connectivity index (χ4v) is 3.21. The quantitative estimate of drug-likeness (QED) is 0.769. The summed E-state index contributed by atoms with van der Waals surface area (Å²) in [4.78, 5) is 0. The average molecular weight is 346 g/mol. The molecule has 2 rings (SSSR count). The maximum Gasteiger partial charge on any atom is 0.0210 e. The van der Waals surface area contributed by atoms with Crippen LogP contribution in [-0.4, -0.2) is 12.6 Å². The van der Waals surface area contributed by atoms with Gasteiger partial charge >= 0.3 is 0 Å². The monoisotopic (exact) mass is 345 g/mol. The topological polar surface area (TPSA) is 12.0 Å². The second-order valence-corrected chi connectivity index (χ2v) is 6.83. The van der Waals surface area contributed by atoms with E-state index in [9.17, 15) is 0 Å². The number of aryl methyl sites for hydroxylation is 1. The van der Waals surface area contributed by atoms with Crippen LogP contribution in [-0.2, 0) is 6.42 Å². The average Bonchev–Trinajstić information content (AvgIpc) is 2.44. The molecule has 0 aliphatic carbocycles. The van der Waals surface area contributed by atoms with Gasteiger partial charge in [0.1, 0.15) is 0 Å². The molecule has 0 amide bonds. The molecular formula is C19H24BrN. The van der Waals surface area contributed by atoms with Crippen molar-refractivity contribution in [3.05, 3.63) is 69.7 Å². The predicted octanol–water partition coefficient (Wildman–Crippen LogP) is 5.08. The fraction of sp³-hybridized carbons (Fsp3) is 0.368. The van der Waals surface area contributed by atoms with E-state index in [1.54, 1.807) is 0 Å². The standard InChI is InChI=1S/C19H24BrN/c1-14(2)21-13-17(18-9-4-5-10-19(18)20)12-16-8-6-7-15(3)11-16/h4-11,14,17,21H,12-13H2,1-3H3. The first kappa shape index (κ1) is 16.3. The van der Waals surface area contributed by atoms with E-state index >= 15 is 0 Å². The summed E-state index contributed by atoms with van der Waals surface area (Å²) < 4.78 is 1.20. The van der Waals surface area contributed by atoms with Gasteiger partial charge in [-0.1, -0.05) is 77.8 Å². The second kappa shape index (κ2) is 7.77. The molecule has 0 fully saturated rings. The summed E-state index contributed by atoms with van der Waals surface area (Å²) in [5, 5.41) is 3.59. The molecule has 0 aliphatic rings. The molecule has 2 heteroatoms. The second-order valence-electron chi connectivity index (χ2n) is 5.97. The summed E-state index contributed by atoms with van der Waals surface area (Å²) in [5.41, 5.74) is 4.11. The fourth-order valence-electron chi connectivity index (χ4n) is 2.60. The Morgan fingerprint density at radius 1 is 1.05 bits per heavy atom. The summed E-state index contributed by atoms with van der Waals surface area (Å²) >= 11 is 3.70. The summed E-state index contributed by atoms with van der Waals surface area (Å²) in [7, 11) is 0. The van der Waals surface area contributed by atoms with Crippen molar-refractivity contribution < 1.29 is 0 Å². The lowest BCUT2D eigenvalue weighted by molar-refractivity contribution is 0.526. The van der Waals surface area contributed by atoms with Crippen molar-refractivity contribution >= 4 is 15.9 Å². The summed E-state index contributed by atoms with van der Waals surface area (Å²) in [6.07, 6.45) is 1.06. The molecule has 21 heavy (non-hydrogen) atoms. The van der Waals surface area contributed by atoms with E-state index < -0.39 is 0 Å². The summed E-state index contributed by atoms with van der Waals surface area (Å²) in [5.74, 6) is 0.477. The Bertz CT molecular complexity index is 577. The van der Waals surface area contributed by atoms with Crippen LogP contribution in [0.2, 0.25) is 0 Å². The van der Waals surface area contributed by atoms with Gasteiger partial charge in [0.05, 0.1) is 0 Å². The van der Waals surface area contributed by atoms with Gasteiger partial charge in [0, 0.05) is 23.0 Å². The van der Waals surface area contributed by atoms with E-state index in [1.807, 2.05) is 0 Å². The van der Waals surface area contributed by atoms with Crippen molar-refractivity contribution in [2.75, 3.05) is 6.54 Å². The third kappa shape index (κ3) is 4.98. The Hall–Kier alpha value is -1.12. The van der Waals surface area contributed by atoms with Gasteiger partial charge in [0.15, 0.2) is 0 Å². The highest BCUT2D eigenvalue weighted by atomic mass is 79.9. The Morgan fingerprint density at radius 3 is 2.48 bits per heavy atom. The van der Waals surface area contributed by atoms with Crippen molar-refractivity contribution in [2.45, 2.75) is 39.2 Å². The van der Waals surface area contributed by atoms with E-state index in [2.05, 4.69) is 90.5 Å². The number of hydrogen-bond donors (Lipinski definition) is 1. The SMILES string of the molecule is Cc1cccc(CC(CNC(C)C)c2ccccc2Br)c1. The Morgan fingerprint density at radius 2 is 1.81 bits per heavy atom. The molecule has 2 aromatic rings. The van der Waals surface area contributed by atoms with Gasteiger partial charge in [0.25, 0.3) is 0 Å². The number of nitrogens with one attached hydrogen (secondary N) is 1. The van der Waals surface area contributed by atoms with E-state index in [0.717, 1.165) is 13.0 Å². The number of benzene rings is 2. The minimum atomic E-state index is 0.477. The van der Waals surface area contributed by atoms with E-state index in [-0.39, 0.29) is 0 Å². The molecule has 1 N–H and O–H groups in total. The van der Waals surface area contributed by atoms with Gasteiger partial charge in [-0.15, -0.1) is 0 Å². The predicted molar refractivity (Wildman–Crippen MR) is 94.9 cm³/mol. The molecule has 0 saturated heterocycles. The molecule has 0 radical (unpaired) electrons. The van der Waals surface area contributed by atoms with Crippen LogP contribution in [0.25, 0.3) is 0 Å². The lowest BCUT2D eigenvalue weighted by Crippen LogP contribution is -2.29. The maximum atomic E-state index is 3.70. The van der Waals surface area contributed by atoms with E-state index in [1.165, 1.54) is 21.2 Å². The number of hydrogen-bond acceptors (Lipinski definition) is 1. The zero-order valence-corrected chi connectivity index (χ0v) is 14.7. The first-order chi connectivity index (χ1) is 10.1. The first-order valence-electron chi connectivity index (χ1n) is 7.59. The van der Waals surface area contributed by atoms with Crippen LogP contribution in [0, 0.1) is 6.92 Å². The minimum absolute atomic E-state index is 0.477. The van der Waals surface area contributed by atoms with Gasteiger partial charge in [0.2, 0.25) is 0 Å². The highest BCUT2D eigenvalue weighted by Crippen LogP contribution is 2.27. The molecule has 0 aromatic heterocycles. The van der Waals surface area contributed by atoms with Gasteiger partial charge in [-0.05, 0) is 30.5 Å². The minimum Gasteiger partial charge on any atom is -0.314 e. The molecule has 0 aliphatic heterocycles. The zero-order valence-electron chi connectivity index (χ0n) is 13.1. The van der Waals surface area contributed by atoms with Gasteiger partial charge < -0.3 is 5.32 Å². The molecule has 2 aromatic carbocycles. The number of halogens is 1. The molecule has 1 unspecified atom stereocenters. The lowest BCUT2D eigenvalue weighted by Gasteiger charge is -2.21. The highest BCUT2D eigenvalue weighted by molar-refractivity contribution is 9.10. The summed E-state index contributed by atoms with van der Waals surface area (Å²) in [6, 6.07) is 17.9. The lowest BCUT2D eigenvalue weighted by atomic mass is 9.91. The van der Waals surface area contributed by atoms with Gasteiger partial charge in [-0.2, -0.15) is 0 Å². The van der Waals surface area contributed by atoms with Crippen LogP contribution in [0.5, 0.6) is 0 Å². The molecule has 0 spiro atoms. The van der Waals surface area contributed by atoms with Crippen LogP contribution in [0.4, 0.5) is 0 Å². The van der Waals surface area contributed by atoms with Crippen molar-refractivity contribution in [3.8, 4) is 0 Å². The van der Waals surface area contributed by atoms with Gasteiger partial charge in [-0.3, -0.25) is 0 Å². The molecular weight excluding hydrogens is 322 g/mol. The van der Waals surface area contributed by atoms with Crippen molar-refractivity contribution in [1.29, 1.82) is 0 Å². The molecule has 1 atom stereocenters. The van der Waals surface area contributed by atoms with Crippen LogP contribution >= 0.6 is 15.9 Å². The molecule has 112 valence electrons. The van der Waals surface area contributed by atoms with E-state index in [4.69, 9.17) is 0 Å². The van der Waals surface area contributed by atoms with Crippen molar-refractivity contribution in [1.82, 2.24) is 5.32 Å². The zero-order chi connectivity index (χ0) is 15.2. The third-order valence-electron chi connectivity index (χ3n) is 3.68. The third-order valence-corrected chi connectivity index (χ3v) is 4.40. The van der Waals surface area contributed by atoms with Crippen molar-refractivity contribution in [3.63, 3.8) is 0 Å². The molecule has 0 saturated carbocycles. The molecule has 0 heterocycles. The van der Waals surface area contributed by atoms with Crippen molar-refractivity contribution in [2.24, 2.45) is 0 Å². The van der Waals surface area contributed by atoms with Crippen LogP contribution in [0.15, 0.2) is 53.0 Å². The molecule has 1 nitrogen and oxygen atoms in total. The highest BCUT2D eigenvalue weighted by Gasteiger charge is 2.15. The maximum absolute atomic E-state index is 3.70. The number of rotatable bonds is 6. The summed E-state index contributed by atoms with van der Waals surface area (Å²) in [6.45, 7) is 7.55. The smallest absolute Gasteiger partial charge is 0.0210 e. The van der Waals surface area contributed by atoms with Gasteiger partial charge in [-0.25, -0.2) is 0 Å². The first-order valence-corrected chi connectivity index (χ1v) is 8.39. The van der Waals surface area contributed by atoms with Crippen LogP contribution in [0.3, 0.4) is 0 Å². The molecule has 0 bridgehead atoms. The van der Waals surface area contributed by atoms with E-state index in [0.29, 0.717) is 12.0 Å². The Kier molecular flexibility index (Phi) is 6.01. The Labute approximate surface area is 136 Å².